The highest BCUT2D eigenvalue weighted by atomic mass is 16.5. The molecule has 0 spiro atoms. The Bertz CT molecular complexity index is 442. The molecule has 2 atom stereocenters. The highest BCUT2D eigenvalue weighted by molar-refractivity contribution is 5.06. The Balaban J connectivity index is 1.54. The summed E-state index contributed by atoms with van der Waals surface area (Å²) in [5.41, 5.74) is 0. The predicted molar refractivity (Wildman–Crippen MR) is 80.0 cm³/mol. The average Bonchev–Trinajstić information content (AvgIpc) is 3.06. The third-order valence-corrected chi connectivity index (χ3v) is 4.66. The van der Waals surface area contributed by atoms with Crippen molar-refractivity contribution in [2.45, 2.75) is 13.5 Å². The molecule has 118 valence electrons. The maximum absolute atomic E-state index is 9.66. The van der Waals surface area contributed by atoms with Crippen LogP contribution in [-0.4, -0.2) is 67.5 Å². The summed E-state index contributed by atoms with van der Waals surface area (Å²) in [6, 6.07) is 4.07. The average molecular weight is 294 g/mol. The van der Waals surface area contributed by atoms with Gasteiger partial charge in [-0.05, 0) is 30.9 Å². The number of aliphatic hydroxyl groups excluding tert-OH is 1. The molecule has 2 fully saturated rings. The van der Waals surface area contributed by atoms with Gasteiger partial charge in [0.1, 0.15) is 11.5 Å². The molecule has 2 aliphatic rings. The van der Waals surface area contributed by atoms with E-state index in [1.165, 1.54) is 0 Å². The maximum Gasteiger partial charge on any atom is 0.118 e. The fourth-order valence-electron chi connectivity index (χ4n) is 3.48. The number of aryl methyl sites for hydroxylation is 1. The summed E-state index contributed by atoms with van der Waals surface area (Å²) in [6.45, 7) is 9.91. The lowest BCUT2D eigenvalue weighted by molar-refractivity contribution is 0.0264. The molecular weight excluding hydrogens is 268 g/mol. The number of hydrogen-bond acceptors (Lipinski definition) is 5. The number of aliphatic hydroxyl groups is 1. The maximum atomic E-state index is 9.66. The van der Waals surface area contributed by atoms with Crippen molar-refractivity contribution in [2.24, 2.45) is 11.8 Å². The SMILES string of the molecule is Cc1ccc(CN2C[C@@H](CN3CCOCC3)[C@@H](CO)C2)o1. The summed E-state index contributed by atoms with van der Waals surface area (Å²) < 4.78 is 11.1. The van der Waals surface area contributed by atoms with Crippen LogP contribution in [-0.2, 0) is 11.3 Å². The monoisotopic (exact) mass is 294 g/mol. The summed E-state index contributed by atoms with van der Waals surface area (Å²) in [5, 5.41) is 9.66. The molecule has 2 saturated heterocycles. The van der Waals surface area contributed by atoms with Crippen LogP contribution in [0, 0.1) is 18.8 Å². The quantitative estimate of drug-likeness (QED) is 0.876. The molecule has 0 radical (unpaired) electrons. The first-order valence-corrected chi connectivity index (χ1v) is 7.93. The molecule has 0 saturated carbocycles. The van der Waals surface area contributed by atoms with Gasteiger partial charge in [-0.25, -0.2) is 0 Å². The van der Waals surface area contributed by atoms with Crippen molar-refractivity contribution in [1.29, 1.82) is 0 Å². The Labute approximate surface area is 126 Å². The first-order valence-electron chi connectivity index (χ1n) is 7.93. The lowest BCUT2D eigenvalue weighted by Gasteiger charge is -2.30. The van der Waals surface area contributed by atoms with Crippen molar-refractivity contribution in [3.8, 4) is 0 Å². The van der Waals surface area contributed by atoms with Gasteiger partial charge < -0.3 is 14.3 Å². The molecule has 1 aromatic rings. The van der Waals surface area contributed by atoms with E-state index in [1.54, 1.807) is 0 Å². The van der Waals surface area contributed by atoms with E-state index in [0.717, 1.165) is 64.0 Å². The topological polar surface area (TPSA) is 49.1 Å². The summed E-state index contributed by atoms with van der Waals surface area (Å²) in [7, 11) is 0. The van der Waals surface area contributed by atoms with Crippen LogP contribution in [0.4, 0.5) is 0 Å². The highest BCUT2D eigenvalue weighted by Crippen LogP contribution is 2.26. The molecule has 0 bridgehead atoms. The highest BCUT2D eigenvalue weighted by Gasteiger charge is 2.33. The van der Waals surface area contributed by atoms with Crippen molar-refractivity contribution < 1.29 is 14.3 Å². The summed E-state index contributed by atoms with van der Waals surface area (Å²) in [6.07, 6.45) is 0. The van der Waals surface area contributed by atoms with Crippen molar-refractivity contribution in [3.63, 3.8) is 0 Å². The zero-order chi connectivity index (χ0) is 14.7. The number of hydrogen-bond donors (Lipinski definition) is 1. The van der Waals surface area contributed by atoms with E-state index in [1.807, 2.05) is 13.0 Å². The number of furan rings is 1. The molecule has 5 heteroatoms. The van der Waals surface area contributed by atoms with Gasteiger partial charge in [-0.3, -0.25) is 9.80 Å². The smallest absolute Gasteiger partial charge is 0.118 e. The number of morpholine rings is 1. The van der Waals surface area contributed by atoms with Gasteiger partial charge in [-0.15, -0.1) is 0 Å². The van der Waals surface area contributed by atoms with Gasteiger partial charge in [0.15, 0.2) is 0 Å². The zero-order valence-corrected chi connectivity index (χ0v) is 12.8. The van der Waals surface area contributed by atoms with Gasteiger partial charge in [-0.1, -0.05) is 0 Å². The third kappa shape index (κ3) is 3.86. The van der Waals surface area contributed by atoms with E-state index >= 15 is 0 Å². The number of rotatable bonds is 5. The summed E-state index contributed by atoms with van der Waals surface area (Å²) in [4.78, 5) is 4.88. The molecule has 0 unspecified atom stereocenters. The minimum Gasteiger partial charge on any atom is -0.465 e. The molecule has 2 aliphatic heterocycles. The summed E-state index contributed by atoms with van der Waals surface area (Å²) in [5.74, 6) is 2.91. The second-order valence-corrected chi connectivity index (χ2v) is 6.32. The fraction of sp³-hybridized carbons (Fsp3) is 0.750. The van der Waals surface area contributed by atoms with Crippen molar-refractivity contribution in [3.05, 3.63) is 23.7 Å². The van der Waals surface area contributed by atoms with E-state index in [9.17, 15) is 5.11 Å². The molecule has 0 amide bonds. The van der Waals surface area contributed by atoms with Gasteiger partial charge in [0.25, 0.3) is 0 Å². The van der Waals surface area contributed by atoms with Crippen molar-refractivity contribution in [2.75, 3.05) is 52.5 Å². The second kappa shape index (κ2) is 6.92. The molecule has 0 aromatic carbocycles. The Morgan fingerprint density at radius 3 is 2.57 bits per heavy atom. The Morgan fingerprint density at radius 1 is 1.14 bits per heavy atom. The van der Waals surface area contributed by atoms with Crippen LogP contribution < -0.4 is 0 Å². The second-order valence-electron chi connectivity index (χ2n) is 6.32. The van der Waals surface area contributed by atoms with Crippen LogP contribution in [0.5, 0.6) is 0 Å². The van der Waals surface area contributed by atoms with Crippen LogP contribution in [0.25, 0.3) is 0 Å². The van der Waals surface area contributed by atoms with Crippen LogP contribution in [0.2, 0.25) is 0 Å². The van der Waals surface area contributed by atoms with Gasteiger partial charge in [-0.2, -0.15) is 0 Å². The van der Waals surface area contributed by atoms with Gasteiger partial charge in [0.2, 0.25) is 0 Å². The fourth-order valence-corrected chi connectivity index (χ4v) is 3.48. The van der Waals surface area contributed by atoms with Crippen LogP contribution in [0.15, 0.2) is 16.5 Å². The van der Waals surface area contributed by atoms with Gasteiger partial charge >= 0.3 is 0 Å². The summed E-state index contributed by atoms with van der Waals surface area (Å²) >= 11 is 0. The minimum atomic E-state index is 0.280. The van der Waals surface area contributed by atoms with Crippen molar-refractivity contribution >= 4 is 0 Å². The number of ether oxygens (including phenoxy) is 1. The molecule has 21 heavy (non-hydrogen) atoms. The van der Waals surface area contributed by atoms with E-state index in [0.29, 0.717) is 11.8 Å². The Kier molecular flexibility index (Phi) is 4.95. The lowest BCUT2D eigenvalue weighted by Crippen LogP contribution is -2.41. The largest absolute Gasteiger partial charge is 0.465 e. The number of likely N-dealkylation sites (tertiary alicyclic amines) is 1. The number of nitrogens with zero attached hydrogens (tertiary/aromatic N) is 2. The zero-order valence-electron chi connectivity index (χ0n) is 12.8. The van der Waals surface area contributed by atoms with Gasteiger partial charge in [0, 0.05) is 39.3 Å². The minimum absolute atomic E-state index is 0.280. The molecule has 5 nitrogen and oxygen atoms in total. The van der Waals surface area contributed by atoms with Crippen LogP contribution in [0.3, 0.4) is 0 Å². The van der Waals surface area contributed by atoms with Crippen LogP contribution >= 0.6 is 0 Å². The molecule has 0 aliphatic carbocycles. The van der Waals surface area contributed by atoms with Crippen molar-refractivity contribution in [1.82, 2.24) is 9.80 Å². The van der Waals surface area contributed by atoms with Crippen LogP contribution in [0.1, 0.15) is 11.5 Å². The standard InChI is InChI=1S/C16H26N2O3/c1-13-2-3-16(21-13)11-18-9-14(15(10-18)12-19)8-17-4-6-20-7-5-17/h2-3,14-15,19H,4-12H2,1H3/t14-,15-/m1/s1. The molecule has 3 heterocycles. The molecule has 3 rings (SSSR count). The Hall–Kier alpha value is -0.880. The van der Waals surface area contributed by atoms with E-state index in [2.05, 4.69) is 15.9 Å². The molecule has 1 aromatic heterocycles. The molecule has 1 N–H and O–H groups in total. The van der Waals surface area contributed by atoms with E-state index < -0.39 is 0 Å². The van der Waals surface area contributed by atoms with Gasteiger partial charge in [0.05, 0.1) is 19.8 Å². The Morgan fingerprint density at radius 2 is 1.90 bits per heavy atom. The first kappa shape index (κ1) is 15.0. The van der Waals surface area contributed by atoms with E-state index in [4.69, 9.17) is 9.15 Å². The normalized spacial score (nSPS) is 28.3. The molecular formula is C16H26N2O3. The lowest BCUT2D eigenvalue weighted by atomic mass is 9.96. The predicted octanol–water partition coefficient (Wildman–Crippen LogP) is 0.961. The first-order chi connectivity index (χ1) is 10.2. The van der Waals surface area contributed by atoms with E-state index in [-0.39, 0.29) is 6.61 Å². The third-order valence-electron chi connectivity index (χ3n) is 4.66.